The van der Waals surface area contributed by atoms with E-state index in [4.69, 9.17) is 5.11 Å². The Bertz CT molecular complexity index is 335. The van der Waals surface area contributed by atoms with E-state index in [0.717, 1.165) is 19.4 Å². The van der Waals surface area contributed by atoms with Crippen molar-refractivity contribution in [3.63, 3.8) is 0 Å². The lowest BCUT2D eigenvalue weighted by atomic mass is 10.0. The standard InChI is InChI=1S/C14H27N3O3/c1-10(2)8-11(9-16(3)4)15-14(20)17-7-5-6-12(17)13(18)19/h10-12H,5-9H2,1-4H3,(H,15,20)(H,18,19). The molecule has 1 aliphatic heterocycles. The molecule has 1 rings (SSSR count). The molecule has 2 N–H and O–H groups in total. The number of nitrogens with zero attached hydrogens (tertiary/aromatic N) is 2. The van der Waals surface area contributed by atoms with Gasteiger partial charge in [0.2, 0.25) is 0 Å². The van der Waals surface area contributed by atoms with Gasteiger partial charge < -0.3 is 20.2 Å². The second-order valence-electron chi connectivity index (χ2n) is 6.23. The molecule has 6 heteroatoms. The number of carbonyl (C=O) groups excluding carboxylic acids is 1. The first-order valence-corrected chi connectivity index (χ1v) is 7.26. The van der Waals surface area contributed by atoms with Crippen LogP contribution >= 0.6 is 0 Å². The van der Waals surface area contributed by atoms with Gasteiger partial charge in [0.25, 0.3) is 0 Å². The van der Waals surface area contributed by atoms with Gasteiger partial charge >= 0.3 is 12.0 Å². The van der Waals surface area contributed by atoms with E-state index in [-0.39, 0.29) is 12.1 Å². The maximum atomic E-state index is 12.3. The van der Waals surface area contributed by atoms with Gasteiger partial charge in [0.1, 0.15) is 6.04 Å². The first-order chi connectivity index (χ1) is 9.31. The molecule has 2 amide bonds. The van der Waals surface area contributed by atoms with Crippen molar-refractivity contribution >= 4 is 12.0 Å². The minimum absolute atomic E-state index is 0.0487. The molecular formula is C14H27N3O3. The molecule has 2 atom stereocenters. The van der Waals surface area contributed by atoms with E-state index in [0.29, 0.717) is 18.9 Å². The van der Waals surface area contributed by atoms with Crippen LogP contribution in [0.4, 0.5) is 4.79 Å². The number of carboxylic acids is 1. The third-order valence-corrected chi connectivity index (χ3v) is 3.47. The molecule has 0 aromatic heterocycles. The third-order valence-electron chi connectivity index (χ3n) is 3.47. The number of amides is 2. The molecule has 0 spiro atoms. The number of likely N-dealkylation sites (N-methyl/N-ethyl adjacent to an activating group) is 1. The molecule has 1 aliphatic rings. The fourth-order valence-electron chi connectivity index (χ4n) is 2.71. The van der Waals surface area contributed by atoms with Crippen LogP contribution in [0.2, 0.25) is 0 Å². The van der Waals surface area contributed by atoms with Gasteiger partial charge in [-0.2, -0.15) is 0 Å². The SMILES string of the molecule is CC(C)CC(CN(C)C)NC(=O)N1CCCC1C(=O)O. The summed E-state index contributed by atoms with van der Waals surface area (Å²) >= 11 is 0. The molecule has 2 unspecified atom stereocenters. The molecule has 0 aromatic carbocycles. The fraction of sp³-hybridized carbons (Fsp3) is 0.857. The molecule has 0 saturated carbocycles. The van der Waals surface area contributed by atoms with Crippen LogP contribution < -0.4 is 5.32 Å². The number of carboxylic acid groups (broad SMARTS) is 1. The molecule has 0 aliphatic carbocycles. The van der Waals surface area contributed by atoms with E-state index in [2.05, 4.69) is 19.2 Å². The molecule has 0 radical (unpaired) electrons. The monoisotopic (exact) mass is 285 g/mol. The van der Waals surface area contributed by atoms with Gasteiger partial charge in [0.05, 0.1) is 0 Å². The topological polar surface area (TPSA) is 72.9 Å². The Morgan fingerprint density at radius 1 is 1.40 bits per heavy atom. The molecule has 0 aromatic rings. The Morgan fingerprint density at radius 2 is 2.05 bits per heavy atom. The highest BCUT2D eigenvalue weighted by atomic mass is 16.4. The molecule has 0 bridgehead atoms. The van der Waals surface area contributed by atoms with Gasteiger partial charge in [-0.3, -0.25) is 0 Å². The van der Waals surface area contributed by atoms with E-state index >= 15 is 0 Å². The predicted octanol–water partition coefficient (Wildman–Crippen LogP) is 1.22. The summed E-state index contributed by atoms with van der Waals surface area (Å²) < 4.78 is 0. The van der Waals surface area contributed by atoms with Crippen molar-refractivity contribution in [1.82, 2.24) is 15.1 Å². The lowest BCUT2D eigenvalue weighted by Crippen LogP contribution is -2.51. The first-order valence-electron chi connectivity index (χ1n) is 7.26. The summed E-state index contributed by atoms with van der Waals surface area (Å²) in [4.78, 5) is 26.9. The van der Waals surface area contributed by atoms with Gasteiger partial charge in [-0.15, -0.1) is 0 Å². The molecule has 6 nitrogen and oxygen atoms in total. The van der Waals surface area contributed by atoms with Crippen LogP contribution in [-0.2, 0) is 4.79 Å². The fourth-order valence-corrected chi connectivity index (χ4v) is 2.71. The molecular weight excluding hydrogens is 258 g/mol. The Labute approximate surface area is 121 Å². The third kappa shape index (κ3) is 5.00. The lowest BCUT2D eigenvalue weighted by Gasteiger charge is -2.28. The van der Waals surface area contributed by atoms with Gasteiger partial charge in [0.15, 0.2) is 0 Å². The summed E-state index contributed by atoms with van der Waals surface area (Å²) in [5.41, 5.74) is 0. The number of likely N-dealkylation sites (tertiary alicyclic amines) is 1. The summed E-state index contributed by atoms with van der Waals surface area (Å²) in [6, 6.07) is -0.871. The smallest absolute Gasteiger partial charge is 0.326 e. The van der Waals surface area contributed by atoms with Crippen molar-refractivity contribution in [2.24, 2.45) is 5.92 Å². The number of nitrogens with one attached hydrogen (secondary N) is 1. The average molecular weight is 285 g/mol. The van der Waals surface area contributed by atoms with Crippen molar-refractivity contribution in [3.05, 3.63) is 0 Å². The summed E-state index contributed by atoms with van der Waals surface area (Å²) in [6.45, 7) is 5.52. The van der Waals surface area contributed by atoms with E-state index in [1.807, 2.05) is 19.0 Å². The van der Waals surface area contributed by atoms with Gasteiger partial charge in [-0.25, -0.2) is 9.59 Å². The van der Waals surface area contributed by atoms with Crippen molar-refractivity contribution in [2.45, 2.75) is 45.2 Å². The van der Waals surface area contributed by atoms with E-state index in [1.165, 1.54) is 4.90 Å². The zero-order valence-corrected chi connectivity index (χ0v) is 12.9. The van der Waals surface area contributed by atoms with Crippen LogP contribution in [0, 0.1) is 5.92 Å². The van der Waals surface area contributed by atoms with E-state index < -0.39 is 12.0 Å². The second-order valence-corrected chi connectivity index (χ2v) is 6.23. The molecule has 1 saturated heterocycles. The maximum absolute atomic E-state index is 12.3. The Balaban J connectivity index is 2.62. The summed E-state index contributed by atoms with van der Waals surface area (Å²) in [5.74, 6) is -0.431. The number of rotatable bonds is 6. The predicted molar refractivity (Wildman–Crippen MR) is 77.7 cm³/mol. The van der Waals surface area contributed by atoms with Crippen LogP contribution in [0.5, 0.6) is 0 Å². The van der Waals surface area contributed by atoms with E-state index in [1.54, 1.807) is 0 Å². The summed E-state index contributed by atoms with van der Waals surface area (Å²) in [5, 5.41) is 12.1. The number of urea groups is 1. The summed E-state index contributed by atoms with van der Waals surface area (Å²) in [7, 11) is 3.94. The number of carbonyl (C=O) groups is 2. The van der Waals surface area contributed by atoms with Crippen LogP contribution in [-0.4, -0.2) is 66.2 Å². The van der Waals surface area contributed by atoms with Crippen LogP contribution in [0.15, 0.2) is 0 Å². The van der Waals surface area contributed by atoms with Gasteiger partial charge in [0, 0.05) is 19.1 Å². The van der Waals surface area contributed by atoms with Crippen molar-refractivity contribution in [1.29, 1.82) is 0 Å². The molecule has 116 valence electrons. The number of hydrogen-bond donors (Lipinski definition) is 2. The molecule has 1 fully saturated rings. The molecule has 1 heterocycles. The quantitative estimate of drug-likeness (QED) is 0.769. The highest BCUT2D eigenvalue weighted by Crippen LogP contribution is 2.18. The van der Waals surface area contributed by atoms with Gasteiger partial charge in [-0.1, -0.05) is 13.8 Å². The van der Waals surface area contributed by atoms with Crippen molar-refractivity contribution in [3.8, 4) is 0 Å². The zero-order chi connectivity index (χ0) is 15.3. The maximum Gasteiger partial charge on any atom is 0.326 e. The number of hydrogen-bond acceptors (Lipinski definition) is 3. The second kappa shape index (κ2) is 7.47. The van der Waals surface area contributed by atoms with Crippen molar-refractivity contribution in [2.75, 3.05) is 27.2 Å². The highest BCUT2D eigenvalue weighted by molar-refractivity contribution is 5.83. The Morgan fingerprint density at radius 3 is 2.55 bits per heavy atom. The van der Waals surface area contributed by atoms with Crippen LogP contribution in [0.3, 0.4) is 0 Å². The largest absolute Gasteiger partial charge is 0.480 e. The lowest BCUT2D eigenvalue weighted by molar-refractivity contribution is -0.141. The Kier molecular flexibility index (Phi) is 6.26. The highest BCUT2D eigenvalue weighted by Gasteiger charge is 2.34. The van der Waals surface area contributed by atoms with E-state index in [9.17, 15) is 9.59 Å². The average Bonchev–Trinajstić information content (AvgIpc) is 2.75. The van der Waals surface area contributed by atoms with Gasteiger partial charge in [-0.05, 0) is 39.3 Å². The van der Waals surface area contributed by atoms with Crippen LogP contribution in [0.25, 0.3) is 0 Å². The van der Waals surface area contributed by atoms with Crippen LogP contribution in [0.1, 0.15) is 33.1 Å². The normalized spacial score (nSPS) is 20.5. The minimum atomic E-state index is -0.911. The minimum Gasteiger partial charge on any atom is -0.480 e. The summed E-state index contributed by atoms with van der Waals surface area (Å²) in [6.07, 6.45) is 2.19. The first kappa shape index (κ1) is 16.8. The Hall–Kier alpha value is -1.30. The number of aliphatic carboxylic acids is 1. The zero-order valence-electron chi connectivity index (χ0n) is 12.9. The van der Waals surface area contributed by atoms with Crippen molar-refractivity contribution < 1.29 is 14.7 Å². The molecule has 20 heavy (non-hydrogen) atoms.